The van der Waals surface area contributed by atoms with Crippen LogP contribution in [-0.4, -0.2) is 30.7 Å². The predicted octanol–water partition coefficient (Wildman–Crippen LogP) is 5.67. The van der Waals surface area contributed by atoms with Gasteiger partial charge in [0.1, 0.15) is 0 Å². The first-order valence-electron chi connectivity index (χ1n) is 12.6. The van der Waals surface area contributed by atoms with E-state index in [1.54, 1.807) is 0 Å². The van der Waals surface area contributed by atoms with E-state index >= 15 is 0 Å². The zero-order valence-corrected chi connectivity index (χ0v) is 20.6. The lowest BCUT2D eigenvalue weighted by Crippen LogP contribution is -2.33. The summed E-state index contributed by atoms with van der Waals surface area (Å²) >= 11 is 0. The second-order valence-electron chi connectivity index (χ2n) is 9.91. The highest BCUT2D eigenvalue weighted by Gasteiger charge is 2.21. The zero-order valence-electron chi connectivity index (χ0n) is 20.6. The Morgan fingerprint density at radius 3 is 2.37 bits per heavy atom. The fourth-order valence-corrected chi connectivity index (χ4v) is 4.99. The van der Waals surface area contributed by atoms with Gasteiger partial charge in [0, 0.05) is 12.1 Å². The quantitative estimate of drug-likeness (QED) is 0.483. The Hall–Kier alpha value is -3.31. The Morgan fingerprint density at radius 1 is 0.943 bits per heavy atom. The van der Waals surface area contributed by atoms with E-state index in [1.807, 2.05) is 25.1 Å². The van der Waals surface area contributed by atoms with Gasteiger partial charge in [0.2, 0.25) is 6.79 Å². The van der Waals surface area contributed by atoms with Crippen molar-refractivity contribution in [2.24, 2.45) is 5.92 Å². The normalized spacial score (nSPS) is 16.7. The zero-order chi connectivity index (χ0) is 24.2. The molecule has 2 aliphatic rings. The van der Waals surface area contributed by atoms with Gasteiger partial charge in [0.25, 0.3) is 5.91 Å². The molecule has 3 aromatic rings. The van der Waals surface area contributed by atoms with Crippen LogP contribution in [0, 0.1) is 12.8 Å². The summed E-state index contributed by atoms with van der Waals surface area (Å²) in [5, 5.41) is 3.11. The number of hydrogen-bond donors (Lipinski definition) is 1. The van der Waals surface area contributed by atoms with Crippen LogP contribution in [0.4, 0.5) is 0 Å². The van der Waals surface area contributed by atoms with Crippen LogP contribution in [0.5, 0.6) is 11.5 Å². The van der Waals surface area contributed by atoms with E-state index in [9.17, 15) is 4.79 Å². The molecule has 5 rings (SSSR count). The summed E-state index contributed by atoms with van der Waals surface area (Å²) in [6, 6.07) is 22.7. The number of rotatable bonds is 7. The Kier molecular flexibility index (Phi) is 7.05. The summed E-state index contributed by atoms with van der Waals surface area (Å²) in [7, 11) is 0. The number of carbonyl (C=O) groups is 1. The van der Waals surface area contributed by atoms with Gasteiger partial charge in [-0.15, -0.1) is 0 Å². The molecule has 35 heavy (non-hydrogen) atoms. The smallest absolute Gasteiger partial charge is 0.251 e. The molecule has 1 N–H and O–H groups in total. The first-order chi connectivity index (χ1) is 17.0. The standard InChI is InChI=1S/C30H34N2O3/c1-21-3-8-26(9-4-21)22(2)31-30(33)27-10-5-23(6-11-27)17-24-13-15-32(16-14-24)19-25-7-12-28-29(18-25)35-20-34-28/h3-12,18,22,24H,13-17,19-20H2,1-2H3,(H,31,33)/t22-/m1/s1. The van der Waals surface area contributed by atoms with E-state index in [0.717, 1.165) is 43.1 Å². The molecule has 3 aromatic carbocycles. The third-order valence-corrected chi connectivity index (χ3v) is 7.22. The van der Waals surface area contributed by atoms with Gasteiger partial charge in [-0.1, -0.05) is 48.0 Å². The molecular weight excluding hydrogens is 436 g/mol. The maximum atomic E-state index is 12.7. The van der Waals surface area contributed by atoms with Crippen LogP contribution in [0.2, 0.25) is 0 Å². The number of carbonyl (C=O) groups excluding carboxylic acids is 1. The maximum Gasteiger partial charge on any atom is 0.251 e. The summed E-state index contributed by atoms with van der Waals surface area (Å²) in [6.07, 6.45) is 3.46. The van der Waals surface area contributed by atoms with Gasteiger partial charge in [-0.3, -0.25) is 9.69 Å². The molecule has 1 fully saturated rings. The van der Waals surface area contributed by atoms with Crippen LogP contribution >= 0.6 is 0 Å². The minimum absolute atomic E-state index is 0.0226. The first-order valence-corrected chi connectivity index (χ1v) is 12.6. The molecule has 5 nitrogen and oxygen atoms in total. The number of ether oxygens (including phenoxy) is 2. The highest BCUT2D eigenvalue weighted by molar-refractivity contribution is 5.94. The average molecular weight is 471 g/mol. The van der Waals surface area contributed by atoms with Crippen molar-refractivity contribution in [2.45, 2.75) is 45.7 Å². The van der Waals surface area contributed by atoms with Crippen LogP contribution < -0.4 is 14.8 Å². The summed E-state index contributed by atoms with van der Waals surface area (Å²) in [6.45, 7) is 7.58. The number of likely N-dealkylation sites (tertiary alicyclic amines) is 1. The number of fused-ring (bicyclic) bond motifs is 1. The largest absolute Gasteiger partial charge is 0.454 e. The van der Waals surface area contributed by atoms with Crippen LogP contribution in [-0.2, 0) is 13.0 Å². The number of hydrogen-bond acceptors (Lipinski definition) is 4. The van der Waals surface area contributed by atoms with E-state index in [4.69, 9.17) is 9.47 Å². The minimum Gasteiger partial charge on any atom is -0.454 e. The van der Waals surface area contributed by atoms with Gasteiger partial charge in [0.15, 0.2) is 11.5 Å². The highest BCUT2D eigenvalue weighted by atomic mass is 16.7. The van der Waals surface area contributed by atoms with Crippen molar-refractivity contribution in [1.82, 2.24) is 10.2 Å². The molecule has 1 amide bonds. The van der Waals surface area contributed by atoms with Crippen molar-refractivity contribution >= 4 is 5.91 Å². The van der Waals surface area contributed by atoms with Gasteiger partial charge in [0.05, 0.1) is 6.04 Å². The summed E-state index contributed by atoms with van der Waals surface area (Å²) in [4.78, 5) is 15.2. The van der Waals surface area contributed by atoms with E-state index < -0.39 is 0 Å². The molecule has 2 aliphatic heterocycles. The summed E-state index contributed by atoms with van der Waals surface area (Å²) in [5.41, 5.74) is 5.63. The number of amides is 1. The molecule has 0 unspecified atom stereocenters. The molecule has 0 radical (unpaired) electrons. The van der Waals surface area contributed by atoms with Crippen molar-refractivity contribution in [2.75, 3.05) is 19.9 Å². The van der Waals surface area contributed by atoms with Crippen molar-refractivity contribution < 1.29 is 14.3 Å². The minimum atomic E-state index is -0.0264. The summed E-state index contributed by atoms with van der Waals surface area (Å²) < 4.78 is 10.9. The fourth-order valence-electron chi connectivity index (χ4n) is 4.99. The number of aryl methyl sites for hydroxylation is 1. The number of piperidine rings is 1. The molecular formula is C30H34N2O3. The van der Waals surface area contributed by atoms with Gasteiger partial charge >= 0.3 is 0 Å². The lowest BCUT2D eigenvalue weighted by molar-refractivity contribution is 0.0940. The second kappa shape index (κ2) is 10.5. The Morgan fingerprint density at radius 2 is 1.63 bits per heavy atom. The Bertz CT molecular complexity index is 1150. The SMILES string of the molecule is Cc1ccc([C@@H](C)NC(=O)c2ccc(CC3CCN(Cc4ccc5c(c4)OCO5)CC3)cc2)cc1. The molecule has 1 saturated heterocycles. The van der Waals surface area contributed by atoms with Gasteiger partial charge in [-0.2, -0.15) is 0 Å². The molecule has 0 saturated carbocycles. The van der Waals surface area contributed by atoms with E-state index in [1.165, 1.54) is 29.5 Å². The molecule has 0 bridgehead atoms. The molecule has 0 aromatic heterocycles. The van der Waals surface area contributed by atoms with Crippen LogP contribution in [0.3, 0.4) is 0 Å². The molecule has 2 heterocycles. The van der Waals surface area contributed by atoms with Gasteiger partial charge < -0.3 is 14.8 Å². The third-order valence-electron chi connectivity index (χ3n) is 7.22. The molecule has 0 spiro atoms. The summed E-state index contributed by atoms with van der Waals surface area (Å²) in [5.74, 6) is 2.36. The highest BCUT2D eigenvalue weighted by Crippen LogP contribution is 2.33. The average Bonchev–Trinajstić information content (AvgIpc) is 3.34. The number of nitrogens with one attached hydrogen (secondary N) is 1. The molecule has 182 valence electrons. The van der Waals surface area contributed by atoms with Gasteiger partial charge in [-0.25, -0.2) is 0 Å². The molecule has 5 heteroatoms. The lowest BCUT2D eigenvalue weighted by Gasteiger charge is -2.32. The number of nitrogens with zero attached hydrogens (tertiary/aromatic N) is 1. The van der Waals surface area contributed by atoms with Crippen molar-refractivity contribution in [3.05, 3.63) is 94.5 Å². The van der Waals surface area contributed by atoms with Crippen LogP contribution in [0.15, 0.2) is 66.7 Å². The van der Waals surface area contributed by atoms with Gasteiger partial charge in [-0.05, 0) is 93.1 Å². The monoisotopic (exact) mass is 470 g/mol. The maximum absolute atomic E-state index is 12.7. The first kappa shape index (κ1) is 23.4. The molecule has 0 aliphatic carbocycles. The van der Waals surface area contributed by atoms with E-state index in [-0.39, 0.29) is 11.9 Å². The van der Waals surface area contributed by atoms with Crippen LogP contribution in [0.1, 0.15) is 58.4 Å². The van der Waals surface area contributed by atoms with Crippen molar-refractivity contribution in [1.29, 1.82) is 0 Å². The Labute approximate surface area is 208 Å². The lowest BCUT2D eigenvalue weighted by atomic mass is 9.89. The van der Waals surface area contributed by atoms with Crippen molar-refractivity contribution in [3.8, 4) is 11.5 Å². The molecule has 1 atom stereocenters. The second-order valence-corrected chi connectivity index (χ2v) is 9.91. The van der Waals surface area contributed by atoms with E-state index in [0.29, 0.717) is 18.3 Å². The third kappa shape index (κ3) is 5.85. The predicted molar refractivity (Wildman–Crippen MR) is 138 cm³/mol. The Balaban J connectivity index is 1.08. The fraction of sp³-hybridized carbons (Fsp3) is 0.367. The number of benzene rings is 3. The van der Waals surface area contributed by atoms with Crippen molar-refractivity contribution in [3.63, 3.8) is 0 Å². The van der Waals surface area contributed by atoms with E-state index in [2.05, 4.69) is 65.7 Å². The van der Waals surface area contributed by atoms with Crippen LogP contribution in [0.25, 0.3) is 0 Å². The topological polar surface area (TPSA) is 50.8 Å².